The summed E-state index contributed by atoms with van der Waals surface area (Å²) in [5, 5.41) is 3.49. The van der Waals surface area contributed by atoms with Gasteiger partial charge in [0.25, 0.3) is 0 Å². The number of piperazine rings is 1. The van der Waals surface area contributed by atoms with Crippen molar-refractivity contribution in [1.29, 1.82) is 0 Å². The number of hydrogen-bond donors (Lipinski definition) is 1. The van der Waals surface area contributed by atoms with Gasteiger partial charge in [-0.1, -0.05) is 37.3 Å². The lowest BCUT2D eigenvalue weighted by molar-refractivity contribution is -0.171. The Balaban J connectivity index is 1.53. The van der Waals surface area contributed by atoms with Crippen molar-refractivity contribution in [1.82, 2.24) is 10.2 Å². The smallest absolute Gasteiger partial charge is 0.228 e. The number of nitrogens with zero attached hydrogens (tertiary/aromatic N) is 1. The molecule has 4 bridgehead atoms. The summed E-state index contributed by atoms with van der Waals surface area (Å²) in [7, 11) is 0. The minimum Gasteiger partial charge on any atom is -0.339 e. The number of nitrogens with one attached hydrogen (secondary N) is 1. The van der Waals surface area contributed by atoms with Crippen molar-refractivity contribution < 1.29 is 4.79 Å². The van der Waals surface area contributed by atoms with Crippen molar-refractivity contribution in [2.75, 3.05) is 19.6 Å². The maximum atomic E-state index is 13.8. The van der Waals surface area contributed by atoms with Gasteiger partial charge in [0.05, 0.1) is 5.41 Å². The van der Waals surface area contributed by atoms with E-state index in [-0.39, 0.29) is 10.8 Å². The summed E-state index contributed by atoms with van der Waals surface area (Å²) >= 11 is 0. The fraction of sp³-hybridized carbons (Fsp3) is 0.696. The fourth-order valence-corrected chi connectivity index (χ4v) is 7.73. The molecular formula is C23H32N2O. The summed E-state index contributed by atoms with van der Waals surface area (Å²) < 4.78 is 0. The van der Waals surface area contributed by atoms with Crippen molar-refractivity contribution in [3.63, 3.8) is 0 Å². The van der Waals surface area contributed by atoms with Gasteiger partial charge >= 0.3 is 0 Å². The van der Waals surface area contributed by atoms with Crippen LogP contribution in [0.4, 0.5) is 0 Å². The van der Waals surface area contributed by atoms with E-state index in [9.17, 15) is 4.79 Å². The molecule has 5 fully saturated rings. The van der Waals surface area contributed by atoms with Gasteiger partial charge in [-0.05, 0) is 67.8 Å². The monoisotopic (exact) mass is 352 g/mol. The van der Waals surface area contributed by atoms with E-state index in [4.69, 9.17) is 0 Å². The van der Waals surface area contributed by atoms with Crippen LogP contribution in [-0.4, -0.2) is 36.5 Å². The maximum Gasteiger partial charge on any atom is 0.228 e. The zero-order valence-electron chi connectivity index (χ0n) is 16.3. The topological polar surface area (TPSA) is 32.3 Å². The summed E-state index contributed by atoms with van der Waals surface area (Å²) in [6.45, 7) is 7.36. The molecule has 26 heavy (non-hydrogen) atoms. The molecule has 5 atom stereocenters. The first kappa shape index (κ1) is 16.8. The van der Waals surface area contributed by atoms with Crippen molar-refractivity contribution >= 4 is 5.91 Å². The Labute approximate surface area is 157 Å². The zero-order valence-corrected chi connectivity index (χ0v) is 16.3. The van der Waals surface area contributed by atoms with Crippen molar-refractivity contribution in [3.8, 4) is 0 Å². The van der Waals surface area contributed by atoms with Crippen LogP contribution in [0.3, 0.4) is 0 Å². The first-order valence-electron chi connectivity index (χ1n) is 10.5. The van der Waals surface area contributed by atoms with Crippen LogP contribution in [0.1, 0.15) is 57.9 Å². The highest BCUT2D eigenvalue weighted by atomic mass is 16.2. The average molecular weight is 353 g/mol. The summed E-state index contributed by atoms with van der Waals surface area (Å²) in [4.78, 5) is 16.0. The second kappa shape index (κ2) is 5.58. The van der Waals surface area contributed by atoms with E-state index in [0.717, 1.165) is 44.8 Å². The molecule has 140 valence electrons. The molecule has 4 saturated carbocycles. The number of carbonyl (C=O) groups is 1. The molecule has 1 heterocycles. The lowest BCUT2D eigenvalue weighted by atomic mass is 9.38. The molecule has 0 spiro atoms. The molecule has 1 N–H and O–H groups in total. The van der Waals surface area contributed by atoms with Crippen LogP contribution in [0.15, 0.2) is 30.3 Å². The molecule has 5 aliphatic rings. The Kier molecular flexibility index (Phi) is 3.60. The Morgan fingerprint density at radius 1 is 1.12 bits per heavy atom. The largest absolute Gasteiger partial charge is 0.339 e. The van der Waals surface area contributed by atoms with E-state index in [2.05, 4.69) is 54.4 Å². The van der Waals surface area contributed by atoms with E-state index in [1.807, 2.05) is 0 Å². The van der Waals surface area contributed by atoms with Gasteiger partial charge in [-0.3, -0.25) is 4.79 Å². The third kappa shape index (κ3) is 2.46. The molecule has 4 aliphatic carbocycles. The van der Waals surface area contributed by atoms with E-state index in [0.29, 0.717) is 17.4 Å². The summed E-state index contributed by atoms with van der Waals surface area (Å²) in [6.07, 6.45) is 7.21. The zero-order chi connectivity index (χ0) is 18.0. The highest BCUT2D eigenvalue weighted by molar-refractivity contribution is 5.84. The van der Waals surface area contributed by atoms with Crippen LogP contribution >= 0.6 is 0 Å². The predicted molar refractivity (Wildman–Crippen MR) is 104 cm³/mol. The van der Waals surface area contributed by atoms with Crippen molar-refractivity contribution in [3.05, 3.63) is 35.9 Å². The Hall–Kier alpha value is -1.35. The summed E-state index contributed by atoms with van der Waals surface area (Å²) in [5.41, 5.74) is 1.94. The molecule has 0 radical (unpaired) electrons. The normalized spacial score (nSPS) is 44.3. The van der Waals surface area contributed by atoms with E-state index in [1.165, 1.54) is 24.8 Å². The van der Waals surface area contributed by atoms with E-state index >= 15 is 0 Å². The molecule has 1 saturated heterocycles. The van der Waals surface area contributed by atoms with Gasteiger partial charge in [-0.25, -0.2) is 0 Å². The first-order valence-corrected chi connectivity index (χ1v) is 10.5. The number of rotatable bonds is 2. The van der Waals surface area contributed by atoms with Crippen LogP contribution in [0.2, 0.25) is 0 Å². The molecule has 1 amide bonds. The SMILES string of the molecule is C[C@H]1CN(C(=O)C23CC4CC(C)(C2)CC(c2ccccc2)(C4)C3)CCN1. The number of hydrogen-bond acceptors (Lipinski definition) is 2. The van der Waals surface area contributed by atoms with Gasteiger partial charge in [-0.2, -0.15) is 0 Å². The Morgan fingerprint density at radius 3 is 2.65 bits per heavy atom. The van der Waals surface area contributed by atoms with Crippen LogP contribution < -0.4 is 5.32 Å². The number of benzene rings is 1. The van der Waals surface area contributed by atoms with Crippen molar-refractivity contribution in [2.45, 2.75) is 63.8 Å². The van der Waals surface area contributed by atoms with E-state index < -0.39 is 0 Å². The summed E-state index contributed by atoms with van der Waals surface area (Å²) in [5.74, 6) is 1.20. The van der Waals surface area contributed by atoms with Gasteiger partial charge in [0, 0.05) is 25.7 Å². The van der Waals surface area contributed by atoms with Crippen LogP contribution in [0.25, 0.3) is 0 Å². The van der Waals surface area contributed by atoms with Crippen molar-refractivity contribution in [2.24, 2.45) is 16.7 Å². The molecular weight excluding hydrogens is 320 g/mol. The fourth-order valence-electron chi connectivity index (χ4n) is 7.73. The van der Waals surface area contributed by atoms with E-state index in [1.54, 1.807) is 0 Å². The molecule has 3 nitrogen and oxygen atoms in total. The number of amides is 1. The predicted octanol–water partition coefficient (Wildman–Crippen LogP) is 3.74. The minimum absolute atomic E-state index is 0.110. The highest BCUT2D eigenvalue weighted by Crippen LogP contribution is 2.70. The third-order valence-corrected chi connectivity index (χ3v) is 7.84. The number of carbonyl (C=O) groups excluding carboxylic acids is 1. The molecule has 6 rings (SSSR count). The maximum absolute atomic E-state index is 13.8. The molecule has 1 aliphatic heterocycles. The lowest BCUT2D eigenvalue weighted by Crippen LogP contribution is -2.64. The molecule has 0 aromatic heterocycles. The van der Waals surface area contributed by atoms with Gasteiger partial charge in [-0.15, -0.1) is 0 Å². The van der Waals surface area contributed by atoms with Gasteiger partial charge in [0.15, 0.2) is 0 Å². The second-order valence-corrected chi connectivity index (χ2v) is 10.4. The summed E-state index contributed by atoms with van der Waals surface area (Å²) in [6, 6.07) is 11.5. The average Bonchev–Trinajstić information content (AvgIpc) is 2.60. The standard InChI is InChI=1S/C23H32N2O/c1-17-13-25(9-8-24-17)20(26)23-12-18-10-21(2,15-23)14-22(11-18,16-23)19-6-4-3-5-7-19/h3-7,17-18,24H,8-16H2,1-2H3/t17-,18?,21?,22?,23?/m0/s1. The third-order valence-electron chi connectivity index (χ3n) is 7.84. The molecule has 1 aromatic rings. The van der Waals surface area contributed by atoms with Gasteiger partial charge in [0.1, 0.15) is 0 Å². The second-order valence-electron chi connectivity index (χ2n) is 10.4. The quantitative estimate of drug-likeness (QED) is 0.879. The van der Waals surface area contributed by atoms with Crippen LogP contribution in [0.5, 0.6) is 0 Å². The molecule has 4 unspecified atom stereocenters. The van der Waals surface area contributed by atoms with Crippen LogP contribution in [-0.2, 0) is 10.2 Å². The Bertz CT molecular complexity index is 718. The minimum atomic E-state index is -0.110. The lowest BCUT2D eigenvalue weighted by Gasteiger charge is -2.66. The van der Waals surface area contributed by atoms with Gasteiger partial charge in [0.2, 0.25) is 5.91 Å². The molecule has 3 heteroatoms. The molecule has 1 aromatic carbocycles. The van der Waals surface area contributed by atoms with Gasteiger partial charge < -0.3 is 10.2 Å². The van der Waals surface area contributed by atoms with Crippen LogP contribution in [0, 0.1) is 16.7 Å². The highest BCUT2D eigenvalue weighted by Gasteiger charge is 2.65. The Morgan fingerprint density at radius 2 is 1.92 bits per heavy atom. The first-order chi connectivity index (χ1) is 12.4.